The van der Waals surface area contributed by atoms with Crippen LogP contribution in [0.3, 0.4) is 0 Å². The summed E-state index contributed by atoms with van der Waals surface area (Å²) in [6.07, 6.45) is 2.24. The van der Waals surface area contributed by atoms with Crippen molar-refractivity contribution in [3.63, 3.8) is 0 Å². The monoisotopic (exact) mass is 267 g/mol. The van der Waals surface area contributed by atoms with Crippen molar-refractivity contribution in [2.45, 2.75) is 9.79 Å². The van der Waals surface area contributed by atoms with E-state index in [0.29, 0.717) is 0 Å². The van der Waals surface area contributed by atoms with Crippen LogP contribution in [0.1, 0.15) is 5.56 Å². The zero-order valence-corrected chi connectivity index (χ0v) is 11.3. The van der Waals surface area contributed by atoms with Crippen LogP contribution in [0, 0.1) is 6.07 Å². The Balaban J connectivity index is 1.87. The maximum absolute atomic E-state index is 3.59. The predicted molar refractivity (Wildman–Crippen MR) is 81.7 cm³/mol. The summed E-state index contributed by atoms with van der Waals surface area (Å²) in [6, 6.07) is 18.9. The van der Waals surface area contributed by atoms with E-state index in [-0.39, 0.29) is 10.9 Å². The number of hydrogen-bond acceptors (Lipinski definition) is 1. The second-order valence-corrected chi connectivity index (χ2v) is 7.21. The van der Waals surface area contributed by atoms with Crippen molar-refractivity contribution in [2.24, 2.45) is 0 Å². The van der Waals surface area contributed by atoms with Crippen molar-refractivity contribution in [1.29, 1.82) is 0 Å². The van der Waals surface area contributed by atoms with E-state index in [1.54, 1.807) is 11.3 Å². The Kier molecular flexibility index (Phi) is 2.32. The summed E-state index contributed by atoms with van der Waals surface area (Å²) >= 11 is 1.77. The number of rotatable bonds is 1. The molecule has 4 rings (SSSR count). The van der Waals surface area contributed by atoms with Gasteiger partial charge in [0.05, 0.1) is 0 Å². The lowest BCUT2D eigenvalue weighted by Gasteiger charge is -2.15. The summed E-state index contributed by atoms with van der Waals surface area (Å²) in [5.41, 5.74) is 1.36. The van der Waals surface area contributed by atoms with Crippen LogP contribution in [0.25, 0.3) is 16.2 Å². The molecule has 0 fully saturated rings. The third kappa shape index (κ3) is 1.53. The minimum absolute atomic E-state index is 0.340. The first-order chi connectivity index (χ1) is 8.92. The summed E-state index contributed by atoms with van der Waals surface area (Å²) in [7, 11) is -0.340. The van der Waals surface area contributed by atoms with Gasteiger partial charge < -0.3 is 0 Å². The molecule has 2 heterocycles. The average molecular weight is 267 g/mol. The lowest BCUT2D eigenvalue weighted by atomic mass is 10.2. The molecule has 1 aliphatic heterocycles. The average Bonchev–Trinajstić information content (AvgIpc) is 3.04. The molecule has 2 aromatic carbocycles. The number of hydrogen-bond donors (Lipinski definition) is 1. The fourth-order valence-corrected chi connectivity index (χ4v) is 5.21. The standard InChI is InChI=1S/C16H11S2/c1-2-4-16-13(3-1)8-10-18(16)14-6-5-12-7-9-17-15(12)11-14/h1-10,18H. The summed E-state index contributed by atoms with van der Waals surface area (Å²) in [5.74, 6) is 0. The summed E-state index contributed by atoms with van der Waals surface area (Å²) in [6.45, 7) is 0. The second-order valence-electron chi connectivity index (χ2n) is 4.29. The third-order valence-electron chi connectivity index (χ3n) is 3.22. The summed E-state index contributed by atoms with van der Waals surface area (Å²) in [5, 5.41) is 5.78. The van der Waals surface area contributed by atoms with E-state index < -0.39 is 0 Å². The van der Waals surface area contributed by atoms with Crippen molar-refractivity contribution in [1.82, 2.24) is 0 Å². The van der Waals surface area contributed by atoms with Gasteiger partial charge in [-0.1, -0.05) is 24.3 Å². The Morgan fingerprint density at radius 3 is 2.94 bits per heavy atom. The van der Waals surface area contributed by atoms with Crippen LogP contribution in [0.2, 0.25) is 0 Å². The maximum Gasteiger partial charge on any atom is 0.0432 e. The Morgan fingerprint density at radius 1 is 1.00 bits per heavy atom. The Morgan fingerprint density at radius 2 is 1.94 bits per heavy atom. The zero-order valence-electron chi connectivity index (χ0n) is 9.63. The minimum atomic E-state index is -0.340. The molecule has 2 heteroatoms. The molecule has 1 atom stereocenters. The van der Waals surface area contributed by atoms with Crippen molar-refractivity contribution in [2.75, 3.05) is 0 Å². The van der Waals surface area contributed by atoms with Crippen molar-refractivity contribution in [3.8, 4) is 0 Å². The van der Waals surface area contributed by atoms with E-state index in [1.165, 1.54) is 25.4 Å². The molecular weight excluding hydrogens is 256 g/mol. The maximum atomic E-state index is 3.59. The molecule has 87 valence electrons. The van der Waals surface area contributed by atoms with Gasteiger partial charge in [0.1, 0.15) is 0 Å². The predicted octanol–water partition coefficient (Wildman–Crippen LogP) is 5.10. The minimum Gasteiger partial charge on any atom is -0.178 e. The molecule has 0 nitrogen and oxygen atoms in total. The van der Waals surface area contributed by atoms with E-state index in [1.807, 2.05) is 0 Å². The van der Waals surface area contributed by atoms with Crippen LogP contribution in [-0.4, -0.2) is 0 Å². The highest BCUT2D eigenvalue weighted by Gasteiger charge is 2.15. The van der Waals surface area contributed by atoms with E-state index in [9.17, 15) is 0 Å². The lowest BCUT2D eigenvalue weighted by Crippen LogP contribution is -1.81. The van der Waals surface area contributed by atoms with Gasteiger partial charge in [-0.15, -0.1) is 11.3 Å². The number of fused-ring (bicyclic) bond motifs is 2. The van der Waals surface area contributed by atoms with E-state index in [2.05, 4.69) is 65.4 Å². The largest absolute Gasteiger partial charge is 0.178 e. The lowest BCUT2D eigenvalue weighted by molar-refractivity contribution is 1.40. The van der Waals surface area contributed by atoms with Crippen LogP contribution >= 0.6 is 22.2 Å². The highest BCUT2D eigenvalue weighted by molar-refractivity contribution is 8.20. The molecule has 0 bridgehead atoms. The molecule has 0 aliphatic carbocycles. The molecular formula is C16H11S2. The van der Waals surface area contributed by atoms with Crippen LogP contribution in [-0.2, 0) is 0 Å². The number of benzene rings is 2. The van der Waals surface area contributed by atoms with Crippen molar-refractivity contribution >= 4 is 38.4 Å². The Labute approximate surface area is 113 Å². The van der Waals surface area contributed by atoms with Gasteiger partial charge in [-0.2, -0.15) is 10.9 Å². The molecule has 0 saturated heterocycles. The van der Waals surface area contributed by atoms with Crippen LogP contribution in [0.4, 0.5) is 0 Å². The Hall–Kier alpha value is -1.51. The Bertz CT molecular complexity index is 752. The second kappa shape index (κ2) is 4.01. The fourth-order valence-electron chi connectivity index (χ4n) is 2.31. The van der Waals surface area contributed by atoms with Crippen LogP contribution < -0.4 is 0 Å². The van der Waals surface area contributed by atoms with Gasteiger partial charge in [0, 0.05) is 20.6 Å². The van der Waals surface area contributed by atoms with Crippen LogP contribution in [0.5, 0.6) is 0 Å². The topological polar surface area (TPSA) is 0 Å². The molecule has 1 radical (unpaired) electrons. The molecule has 18 heavy (non-hydrogen) atoms. The summed E-state index contributed by atoms with van der Waals surface area (Å²) < 4.78 is 1.27. The molecule has 1 aliphatic rings. The van der Waals surface area contributed by atoms with Gasteiger partial charge in [0.25, 0.3) is 0 Å². The van der Waals surface area contributed by atoms with Gasteiger partial charge >= 0.3 is 0 Å². The molecule has 0 spiro atoms. The normalized spacial score (nSPS) is 19.2. The van der Waals surface area contributed by atoms with Gasteiger partial charge in [0.15, 0.2) is 0 Å². The molecule has 1 unspecified atom stereocenters. The smallest absolute Gasteiger partial charge is 0.0432 e. The van der Waals surface area contributed by atoms with Crippen molar-refractivity contribution in [3.05, 3.63) is 64.9 Å². The van der Waals surface area contributed by atoms with E-state index in [0.717, 1.165) is 0 Å². The van der Waals surface area contributed by atoms with E-state index in [4.69, 9.17) is 0 Å². The highest BCUT2D eigenvalue weighted by Crippen LogP contribution is 2.52. The fraction of sp³-hybridized carbons (Fsp3) is 0. The highest BCUT2D eigenvalue weighted by atomic mass is 32.2. The molecule has 0 N–H and O–H groups in total. The third-order valence-corrected chi connectivity index (χ3v) is 6.22. The first-order valence-electron chi connectivity index (χ1n) is 5.88. The molecule has 0 amide bonds. The summed E-state index contributed by atoms with van der Waals surface area (Å²) in [4.78, 5) is 2.79. The van der Waals surface area contributed by atoms with Crippen LogP contribution in [0.15, 0.2) is 63.0 Å². The number of thiol groups is 1. The molecule has 1 aromatic heterocycles. The van der Waals surface area contributed by atoms with E-state index >= 15 is 0 Å². The molecule has 0 saturated carbocycles. The van der Waals surface area contributed by atoms with Gasteiger partial charge in [-0.3, -0.25) is 0 Å². The van der Waals surface area contributed by atoms with Crippen molar-refractivity contribution < 1.29 is 0 Å². The SMILES string of the molecule is [c]1c([SH]2C=Cc3ccccc32)ccc2ccsc12. The van der Waals surface area contributed by atoms with Gasteiger partial charge in [-0.25, -0.2) is 0 Å². The number of thiophene rings is 1. The zero-order chi connectivity index (χ0) is 11.9. The first kappa shape index (κ1) is 10.4. The first-order valence-corrected chi connectivity index (χ1v) is 8.17. The van der Waals surface area contributed by atoms with Gasteiger partial charge in [-0.05, 0) is 46.0 Å². The van der Waals surface area contributed by atoms with Gasteiger partial charge in [0.2, 0.25) is 0 Å². The quantitative estimate of drug-likeness (QED) is 0.582. The molecule has 3 aromatic rings.